The molecule has 0 spiro atoms. The Labute approximate surface area is 131 Å². The minimum Gasteiger partial charge on any atom is -0.207 e. The summed E-state index contributed by atoms with van der Waals surface area (Å²) in [4.78, 5) is 1.19. The summed E-state index contributed by atoms with van der Waals surface area (Å²) in [6.07, 6.45) is 1.08. The van der Waals surface area contributed by atoms with Crippen molar-refractivity contribution in [1.82, 2.24) is 4.31 Å². The fourth-order valence-corrected chi connectivity index (χ4v) is 6.88. The van der Waals surface area contributed by atoms with Gasteiger partial charge >= 0.3 is 0 Å². The summed E-state index contributed by atoms with van der Waals surface area (Å²) in [6, 6.07) is 0.0404. The molecule has 114 valence electrons. The fourth-order valence-electron chi connectivity index (χ4n) is 3.02. The predicted molar refractivity (Wildman–Crippen MR) is 84.9 cm³/mol. The first kappa shape index (κ1) is 16.3. The van der Waals surface area contributed by atoms with Crippen molar-refractivity contribution in [3.8, 4) is 0 Å². The molecular formula is C14H22ClNO2S2. The molecule has 1 aliphatic heterocycles. The van der Waals surface area contributed by atoms with E-state index >= 15 is 0 Å². The number of rotatable bonds is 3. The zero-order valence-electron chi connectivity index (χ0n) is 12.4. The number of sulfonamides is 1. The molecule has 0 saturated carbocycles. The lowest BCUT2D eigenvalue weighted by Crippen LogP contribution is -2.48. The van der Waals surface area contributed by atoms with Gasteiger partial charge in [-0.3, -0.25) is 0 Å². The van der Waals surface area contributed by atoms with Gasteiger partial charge in [0.25, 0.3) is 0 Å². The highest BCUT2D eigenvalue weighted by Gasteiger charge is 2.39. The van der Waals surface area contributed by atoms with Crippen LogP contribution >= 0.6 is 22.9 Å². The van der Waals surface area contributed by atoms with Crippen molar-refractivity contribution in [2.24, 2.45) is 11.8 Å². The molecule has 3 nitrogen and oxygen atoms in total. The lowest BCUT2D eigenvalue weighted by atomic mass is 9.88. The van der Waals surface area contributed by atoms with Crippen molar-refractivity contribution in [2.45, 2.75) is 50.9 Å². The minimum absolute atomic E-state index is 0.0404. The van der Waals surface area contributed by atoms with E-state index in [1.165, 1.54) is 11.3 Å². The molecular weight excluding hydrogens is 314 g/mol. The van der Waals surface area contributed by atoms with Crippen LogP contribution in [0.3, 0.4) is 0 Å². The van der Waals surface area contributed by atoms with Gasteiger partial charge in [0, 0.05) is 17.5 Å². The van der Waals surface area contributed by atoms with Gasteiger partial charge in [-0.15, -0.1) is 22.9 Å². The Balaban J connectivity index is 2.46. The predicted octanol–water partition coefficient (Wildman–Crippen LogP) is 3.85. The summed E-state index contributed by atoms with van der Waals surface area (Å²) < 4.78 is 27.7. The number of thiophene rings is 1. The maximum absolute atomic E-state index is 13.0. The molecule has 3 unspecified atom stereocenters. The first-order valence-corrected chi connectivity index (χ1v) is 9.79. The second-order valence-corrected chi connectivity index (χ2v) is 9.00. The molecule has 1 aromatic heterocycles. The number of nitrogens with zero attached hydrogens (tertiary/aromatic N) is 1. The Morgan fingerprint density at radius 3 is 2.65 bits per heavy atom. The van der Waals surface area contributed by atoms with Crippen LogP contribution < -0.4 is 0 Å². The second-order valence-electron chi connectivity index (χ2n) is 5.94. The fraction of sp³-hybridized carbons (Fsp3) is 0.714. The first-order chi connectivity index (χ1) is 9.28. The first-order valence-electron chi connectivity index (χ1n) is 6.93. The number of hydrogen-bond acceptors (Lipinski definition) is 3. The number of halogens is 1. The van der Waals surface area contributed by atoms with Gasteiger partial charge in [-0.05, 0) is 43.0 Å². The number of alkyl halides is 1. The Kier molecular flexibility index (Phi) is 4.84. The van der Waals surface area contributed by atoms with E-state index in [2.05, 4.69) is 13.8 Å². The highest BCUT2D eigenvalue weighted by Crippen LogP contribution is 2.36. The molecule has 1 saturated heterocycles. The zero-order valence-corrected chi connectivity index (χ0v) is 14.8. The molecule has 1 aromatic rings. The summed E-state index contributed by atoms with van der Waals surface area (Å²) in [6.45, 7) is 8.71. The minimum atomic E-state index is -3.45. The lowest BCUT2D eigenvalue weighted by Gasteiger charge is -2.40. The van der Waals surface area contributed by atoms with Crippen molar-refractivity contribution in [3.63, 3.8) is 0 Å². The van der Waals surface area contributed by atoms with Crippen LogP contribution in [-0.4, -0.2) is 25.3 Å². The summed E-state index contributed by atoms with van der Waals surface area (Å²) in [5, 5.41) is 1.88. The zero-order chi connectivity index (χ0) is 15.1. The third-order valence-electron chi connectivity index (χ3n) is 4.22. The average molecular weight is 336 g/mol. The molecule has 0 N–H and O–H groups in total. The Morgan fingerprint density at radius 1 is 1.40 bits per heavy atom. The summed E-state index contributed by atoms with van der Waals surface area (Å²) in [5.74, 6) is 1.03. The maximum Gasteiger partial charge on any atom is 0.244 e. The molecule has 2 rings (SSSR count). The van der Waals surface area contributed by atoms with Crippen molar-refractivity contribution >= 4 is 33.0 Å². The number of hydrogen-bond donors (Lipinski definition) is 0. The molecule has 0 bridgehead atoms. The van der Waals surface area contributed by atoms with E-state index in [4.69, 9.17) is 11.6 Å². The standard InChI is InChI=1S/C14H22ClNO2S2/c1-9-5-10(2)12(4)16(7-9)20(17,18)14-11(3)8-19-13(14)6-15/h8-10,12H,5-7H2,1-4H3. The van der Waals surface area contributed by atoms with Crippen LogP contribution in [0, 0.1) is 18.8 Å². The molecule has 6 heteroatoms. The van der Waals surface area contributed by atoms with E-state index < -0.39 is 10.0 Å². The van der Waals surface area contributed by atoms with Gasteiger partial charge in [0.1, 0.15) is 4.90 Å². The van der Waals surface area contributed by atoms with Gasteiger partial charge in [-0.2, -0.15) is 4.31 Å². The topological polar surface area (TPSA) is 37.4 Å². The summed E-state index contributed by atoms with van der Waals surface area (Å²) >= 11 is 7.34. The SMILES string of the molecule is Cc1csc(CCl)c1S(=O)(=O)N1CC(C)CC(C)C1C. The third-order valence-corrected chi connectivity index (χ3v) is 8.06. The van der Waals surface area contributed by atoms with Crippen molar-refractivity contribution in [2.75, 3.05) is 6.54 Å². The molecule has 1 aliphatic rings. The molecule has 0 aromatic carbocycles. The smallest absolute Gasteiger partial charge is 0.207 e. The van der Waals surface area contributed by atoms with Gasteiger partial charge in [-0.25, -0.2) is 8.42 Å². The van der Waals surface area contributed by atoms with Crippen molar-refractivity contribution < 1.29 is 8.42 Å². The van der Waals surface area contributed by atoms with E-state index in [0.29, 0.717) is 23.3 Å². The molecule has 0 amide bonds. The Morgan fingerprint density at radius 2 is 2.05 bits per heavy atom. The van der Waals surface area contributed by atoms with E-state index in [-0.39, 0.29) is 11.9 Å². The van der Waals surface area contributed by atoms with Crippen LogP contribution in [-0.2, 0) is 15.9 Å². The normalized spacial score (nSPS) is 28.8. The molecule has 2 heterocycles. The lowest BCUT2D eigenvalue weighted by molar-refractivity contribution is 0.157. The highest BCUT2D eigenvalue weighted by atomic mass is 35.5. The van der Waals surface area contributed by atoms with Gasteiger partial charge < -0.3 is 0 Å². The van der Waals surface area contributed by atoms with Crippen LogP contribution in [0.15, 0.2) is 10.3 Å². The van der Waals surface area contributed by atoms with Crippen molar-refractivity contribution in [1.29, 1.82) is 0 Å². The molecule has 1 fully saturated rings. The van der Waals surface area contributed by atoms with Gasteiger partial charge in [0.15, 0.2) is 0 Å². The van der Waals surface area contributed by atoms with Gasteiger partial charge in [0.2, 0.25) is 10.0 Å². The van der Waals surface area contributed by atoms with Crippen LogP contribution in [0.1, 0.15) is 37.6 Å². The Bertz CT molecular complexity index is 582. The third kappa shape index (κ3) is 2.78. The quantitative estimate of drug-likeness (QED) is 0.787. The number of piperidine rings is 1. The van der Waals surface area contributed by atoms with E-state index in [0.717, 1.165) is 16.9 Å². The Hall–Kier alpha value is -0.100. The monoisotopic (exact) mass is 335 g/mol. The van der Waals surface area contributed by atoms with Crippen LogP contribution in [0.4, 0.5) is 0 Å². The van der Waals surface area contributed by atoms with Crippen LogP contribution in [0.2, 0.25) is 0 Å². The molecule has 20 heavy (non-hydrogen) atoms. The summed E-state index contributed by atoms with van der Waals surface area (Å²) in [5.41, 5.74) is 0.809. The second kappa shape index (κ2) is 5.95. The van der Waals surface area contributed by atoms with E-state index in [9.17, 15) is 8.42 Å². The van der Waals surface area contributed by atoms with E-state index in [1.54, 1.807) is 4.31 Å². The summed E-state index contributed by atoms with van der Waals surface area (Å²) in [7, 11) is -3.45. The average Bonchev–Trinajstić information content (AvgIpc) is 2.75. The maximum atomic E-state index is 13.0. The highest BCUT2D eigenvalue weighted by molar-refractivity contribution is 7.89. The molecule has 3 atom stereocenters. The van der Waals surface area contributed by atoms with Gasteiger partial charge in [0.05, 0.1) is 5.88 Å². The molecule has 0 aliphatic carbocycles. The molecule has 0 radical (unpaired) electrons. The van der Waals surface area contributed by atoms with Crippen LogP contribution in [0.25, 0.3) is 0 Å². The largest absolute Gasteiger partial charge is 0.244 e. The van der Waals surface area contributed by atoms with Crippen molar-refractivity contribution in [3.05, 3.63) is 15.8 Å². The number of aryl methyl sites for hydroxylation is 1. The van der Waals surface area contributed by atoms with Crippen LogP contribution in [0.5, 0.6) is 0 Å². The van der Waals surface area contributed by atoms with Gasteiger partial charge in [-0.1, -0.05) is 13.8 Å². The van der Waals surface area contributed by atoms with E-state index in [1.807, 2.05) is 19.2 Å².